The minimum atomic E-state index is -0.816. The number of nitrogens with zero attached hydrogens (tertiary/aromatic N) is 2. The van der Waals surface area contributed by atoms with Crippen molar-refractivity contribution >= 4 is 17.3 Å². The van der Waals surface area contributed by atoms with Crippen molar-refractivity contribution in [2.24, 2.45) is 0 Å². The van der Waals surface area contributed by atoms with Crippen molar-refractivity contribution in [2.45, 2.75) is 32.9 Å². The second-order valence-electron chi connectivity index (χ2n) is 8.80. The fraction of sp³-hybridized carbons (Fsp3) is 0.167. The SMILES string of the molecule is Cc1c(N(Cc2ccccc2)Cc2ccc(Oc3ccc(CCC(=O)O)cc3)cc2)cccc1[N+](=O)[O-]. The number of carbonyl (C=O) groups is 1. The highest BCUT2D eigenvalue weighted by Gasteiger charge is 2.18. The number of nitro benzene ring substituents is 1. The quantitative estimate of drug-likeness (QED) is 0.179. The van der Waals surface area contributed by atoms with Gasteiger partial charge in [0.2, 0.25) is 0 Å². The summed E-state index contributed by atoms with van der Waals surface area (Å²) in [7, 11) is 0. The predicted octanol–water partition coefficient (Wildman–Crippen LogP) is 6.92. The van der Waals surface area contributed by atoms with Crippen LogP contribution in [-0.4, -0.2) is 16.0 Å². The van der Waals surface area contributed by atoms with E-state index in [4.69, 9.17) is 9.84 Å². The lowest BCUT2D eigenvalue weighted by molar-refractivity contribution is -0.385. The number of hydrogen-bond donors (Lipinski definition) is 1. The van der Waals surface area contributed by atoms with E-state index in [0.717, 1.165) is 22.4 Å². The lowest BCUT2D eigenvalue weighted by atomic mass is 10.1. The van der Waals surface area contributed by atoms with Crippen LogP contribution >= 0.6 is 0 Å². The molecule has 188 valence electrons. The number of hydrogen-bond acceptors (Lipinski definition) is 5. The molecule has 1 N–H and O–H groups in total. The van der Waals surface area contributed by atoms with E-state index in [0.29, 0.717) is 36.6 Å². The third kappa shape index (κ3) is 6.95. The zero-order valence-electron chi connectivity index (χ0n) is 20.5. The maximum atomic E-state index is 11.5. The fourth-order valence-corrected chi connectivity index (χ4v) is 4.18. The topological polar surface area (TPSA) is 92.9 Å². The molecule has 0 spiro atoms. The van der Waals surface area contributed by atoms with Gasteiger partial charge in [0.1, 0.15) is 11.5 Å². The first kappa shape index (κ1) is 25.4. The van der Waals surface area contributed by atoms with Gasteiger partial charge in [-0.2, -0.15) is 0 Å². The molecule has 0 aliphatic heterocycles. The average molecular weight is 497 g/mol. The average Bonchev–Trinajstić information content (AvgIpc) is 2.89. The number of anilines is 1. The Hall–Kier alpha value is -4.65. The van der Waals surface area contributed by atoms with E-state index in [-0.39, 0.29) is 17.0 Å². The smallest absolute Gasteiger partial charge is 0.303 e. The third-order valence-corrected chi connectivity index (χ3v) is 6.11. The maximum absolute atomic E-state index is 11.5. The van der Waals surface area contributed by atoms with Crippen molar-refractivity contribution < 1.29 is 19.6 Å². The monoisotopic (exact) mass is 496 g/mol. The summed E-state index contributed by atoms with van der Waals surface area (Å²) in [4.78, 5) is 24.1. The summed E-state index contributed by atoms with van der Waals surface area (Å²) < 4.78 is 5.96. The molecule has 0 saturated carbocycles. The Balaban J connectivity index is 1.50. The summed E-state index contributed by atoms with van der Waals surface area (Å²) in [5.41, 5.74) is 4.66. The van der Waals surface area contributed by atoms with Crippen molar-refractivity contribution in [3.05, 3.63) is 129 Å². The Bertz CT molecular complexity index is 1350. The molecule has 0 aliphatic carbocycles. The van der Waals surface area contributed by atoms with Crippen molar-refractivity contribution in [3.8, 4) is 11.5 Å². The van der Waals surface area contributed by atoms with Gasteiger partial charge in [-0.15, -0.1) is 0 Å². The molecule has 0 unspecified atom stereocenters. The van der Waals surface area contributed by atoms with Crippen LogP contribution < -0.4 is 9.64 Å². The Morgan fingerprint density at radius 2 is 1.38 bits per heavy atom. The van der Waals surface area contributed by atoms with Crippen molar-refractivity contribution in [2.75, 3.05) is 4.90 Å². The maximum Gasteiger partial charge on any atom is 0.303 e. The minimum absolute atomic E-state index is 0.0960. The summed E-state index contributed by atoms with van der Waals surface area (Å²) >= 11 is 0. The van der Waals surface area contributed by atoms with Crippen LogP contribution in [0.2, 0.25) is 0 Å². The van der Waals surface area contributed by atoms with E-state index >= 15 is 0 Å². The molecule has 7 heteroatoms. The van der Waals surface area contributed by atoms with Crippen LogP contribution in [-0.2, 0) is 24.3 Å². The fourth-order valence-electron chi connectivity index (χ4n) is 4.18. The van der Waals surface area contributed by atoms with Gasteiger partial charge in [0.25, 0.3) is 5.69 Å². The second-order valence-corrected chi connectivity index (χ2v) is 8.80. The summed E-state index contributed by atoms with van der Waals surface area (Å²) in [5, 5.41) is 20.4. The molecule has 0 aromatic heterocycles. The number of aryl methyl sites for hydroxylation is 1. The van der Waals surface area contributed by atoms with Crippen LogP contribution in [0.5, 0.6) is 11.5 Å². The summed E-state index contributed by atoms with van der Waals surface area (Å²) in [6.45, 7) is 2.96. The van der Waals surface area contributed by atoms with Crippen molar-refractivity contribution in [1.29, 1.82) is 0 Å². The number of nitro groups is 1. The summed E-state index contributed by atoms with van der Waals surface area (Å²) in [6, 6.07) is 30.4. The lowest BCUT2D eigenvalue weighted by Gasteiger charge is -2.27. The van der Waals surface area contributed by atoms with Crippen LogP contribution in [0.25, 0.3) is 0 Å². The molecule has 0 bridgehead atoms. The number of carboxylic acid groups (broad SMARTS) is 1. The summed E-state index contributed by atoms with van der Waals surface area (Å²) in [6.07, 6.45) is 0.576. The lowest BCUT2D eigenvalue weighted by Crippen LogP contribution is -2.23. The minimum Gasteiger partial charge on any atom is -0.481 e. The third-order valence-electron chi connectivity index (χ3n) is 6.11. The number of aliphatic carboxylic acids is 1. The first-order valence-corrected chi connectivity index (χ1v) is 12.0. The van der Waals surface area contributed by atoms with E-state index in [2.05, 4.69) is 4.90 Å². The van der Waals surface area contributed by atoms with Gasteiger partial charge in [-0.05, 0) is 60.4 Å². The highest BCUT2D eigenvalue weighted by atomic mass is 16.6. The van der Waals surface area contributed by atoms with E-state index in [9.17, 15) is 14.9 Å². The van der Waals surface area contributed by atoms with Gasteiger partial charge in [-0.3, -0.25) is 14.9 Å². The van der Waals surface area contributed by atoms with E-state index < -0.39 is 5.97 Å². The molecule has 0 radical (unpaired) electrons. The van der Waals surface area contributed by atoms with Crippen molar-refractivity contribution in [1.82, 2.24) is 0 Å². The molecule has 0 heterocycles. The van der Waals surface area contributed by atoms with Crippen LogP contribution in [0, 0.1) is 17.0 Å². The van der Waals surface area contributed by atoms with Crippen LogP contribution in [0.3, 0.4) is 0 Å². The standard InChI is InChI=1S/C30H28N2O5/c1-22-28(8-5-9-29(22)32(35)36)31(20-24-6-3-2-4-7-24)21-25-12-17-27(18-13-25)37-26-15-10-23(11-16-26)14-19-30(33)34/h2-13,15-18H,14,19-21H2,1H3,(H,33,34). The van der Waals surface area contributed by atoms with E-state index in [1.165, 1.54) is 6.07 Å². The molecule has 37 heavy (non-hydrogen) atoms. The van der Waals surface area contributed by atoms with E-state index in [1.54, 1.807) is 13.0 Å². The van der Waals surface area contributed by atoms with Gasteiger partial charge >= 0.3 is 5.97 Å². The van der Waals surface area contributed by atoms with Gasteiger partial charge in [-0.25, -0.2) is 0 Å². The molecule has 4 rings (SSSR count). The number of rotatable bonds is 11. The molecule has 4 aromatic rings. The Kier molecular flexibility index (Phi) is 8.15. The molecule has 0 saturated heterocycles. The summed E-state index contributed by atoms with van der Waals surface area (Å²) in [5.74, 6) is 0.538. The number of ether oxygens (including phenoxy) is 1. The molecule has 0 atom stereocenters. The van der Waals surface area contributed by atoms with Gasteiger partial charge < -0.3 is 14.7 Å². The molecule has 7 nitrogen and oxygen atoms in total. The van der Waals surface area contributed by atoms with Crippen LogP contribution in [0.15, 0.2) is 97.1 Å². The normalized spacial score (nSPS) is 10.6. The van der Waals surface area contributed by atoms with E-state index in [1.807, 2.05) is 84.9 Å². The molecule has 0 fully saturated rings. The van der Waals surface area contributed by atoms with Gasteiger partial charge in [0.05, 0.1) is 10.5 Å². The van der Waals surface area contributed by atoms with Crippen molar-refractivity contribution in [3.63, 3.8) is 0 Å². The molecule has 4 aromatic carbocycles. The Morgan fingerprint density at radius 1 is 0.811 bits per heavy atom. The largest absolute Gasteiger partial charge is 0.481 e. The zero-order valence-corrected chi connectivity index (χ0v) is 20.5. The van der Waals surface area contributed by atoms with Crippen LogP contribution in [0.1, 0.15) is 28.7 Å². The van der Waals surface area contributed by atoms with Crippen LogP contribution in [0.4, 0.5) is 11.4 Å². The van der Waals surface area contributed by atoms with Gasteiger partial charge in [-0.1, -0.05) is 60.7 Å². The number of benzene rings is 4. The Morgan fingerprint density at radius 3 is 1.95 bits per heavy atom. The first-order chi connectivity index (χ1) is 17.9. The molecule has 0 aliphatic rings. The number of carboxylic acids is 1. The van der Waals surface area contributed by atoms with Gasteiger partial charge in [0.15, 0.2) is 0 Å². The Labute approximate surface area is 215 Å². The van der Waals surface area contributed by atoms with Gasteiger partial charge in [0, 0.05) is 31.3 Å². The predicted molar refractivity (Wildman–Crippen MR) is 143 cm³/mol. The molecule has 0 amide bonds. The second kappa shape index (κ2) is 11.9. The zero-order chi connectivity index (χ0) is 26.2. The molecular weight excluding hydrogens is 468 g/mol. The first-order valence-electron chi connectivity index (χ1n) is 12.0. The highest BCUT2D eigenvalue weighted by Crippen LogP contribution is 2.31. The highest BCUT2D eigenvalue weighted by molar-refractivity contribution is 5.67. The molecular formula is C30H28N2O5.